The standard InChI is InChI=1S/C18H27NOSe/c1-2-3-15-21-17-9-7-16(8-10-17)18(20)11-14-19-12-5-4-6-13-19/h7-10H,2-6,11-15H2,1H3. The number of Topliss-reactive ketones (excluding diaryl/α,β-unsaturated/α-hetero) is 1. The van der Waals surface area contributed by atoms with E-state index in [1.165, 1.54) is 55.0 Å². The van der Waals surface area contributed by atoms with Gasteiger partial charge in [0.1, 0.15) is 0 Å². The molecular weight excluding hydrogens is 325 g/mol. The van der Waals surface area contributed by atoms with Gasteiger partial charge in [0, 0.05) is 0 Å². The van der Waals surface area contributed by atoms with Gasteiger partial charge in [0.2, 0.25) is 0 Å². The molecule has 0 N–H and O–H groups in total. The Morgan fingerprint density at radius 2 is 1.86 bits per heavy atom. The van der Waals surface area contributed by atoms with E-state index in [0.29, 0.717) is 27.2 Å². The van der Waals surface area contributed by atoms with Gasteiger partial charge in [-0.3, -0.25) is 0 Å². The molecule has 3 heteroatoms. The van der Waals surface area contributed by atoms with E-state index in [1.54, 1.807) is 0 Å². The molecule has 1 fully saturated rings. The van der Waals surface area contributed by atoms with Gasteiger partial charge in [-0.15, -0.1) is 0 Å². The quantitative estimate of drug-likeness (QED) is 0.407. The summed E-state index contributed by atoms with van der Waals surface area (Å²) in [5.74, 6) is 0.299. The molecule has 2 rings (SSSR count). The number of rotatable bonds is 8. The Balaban J connectivity index is 1.76. The average molecular weight is 352 g/mol. The molecule has 0 aromatic heterocycles. The number of hydrogen-bond donors (Lipinski definition) is 0. The van der Waals surface area contributed by atoms with Crippen molar-refractivity contribution in [2.75, 3.05) is 19.6 Å². The number of nitrogens with zero attached hydrogens (tertiary/aromatic N) is 1. The van der Waals surface area contributed by atoms with Gasteiger partial charge in [0.15, 0.2) is 0 Å². The van der Waals surface area contributed by atoms with Crippen LogP contribution in [0.3, 0.4) is 0 Å². The fourth-order valence-corrected chi connectivity index (χ4v) is 4.75. The molecule has 0 atom stereocenters. The number of carbonyl (C=O) groups excluding carboxylic acids is 1. The predicted octanol–water partition coefficient (Wildman–Crippen LogP) is 3.29. The van der Waals surface area contributed by atoms with E-state index in [2.05, 4.69) is 24.0 Å². The number of ketones is 1. The van der Waals surface area contributed by atoms with Gasteiger partial charge in [-0.2, -0.15) is 0 Å². The van der Waals surface area contributed by atoms with E-state index in [-0.39, 0.29) is 0 Å². The van der Waals surface area contributed by atoms with Crippen LogP contribution in [0.4, 0.5) is 0 Å². The first-order valence-corrected chi connectivity index (χ1v) is 10.3. The number of piperidine rings is 1. The summed E-state index contributed by atoms with van der Waals surface area (Å²) < 4.78 is 1.42. The summed E-state index contributed by atoms with van der Waals surface area (Å²) in [5.41, 5.74) is 0.891. The van der Waals surface area contributed by atoms with E-state index in [4.69, 9.17) is 0 Å². The fourth-order valence-electron chi connectivity index (χ4n) is 2.66. The summed E-state index contributed by atoms with van der Waals surface area (Å²) in [4.78, 5) is 14.7. The minimum atomic E-state index is 0.299. The molecule has 1 aromatic carbocycles. The van der Waals surface area contributed by atoms with Gasteiger partial charge in [0.05, 0.1) is 0 Å². The van der Waals surface area contributed by atoms with E-state index >= 15 is 0 Å². The van der Waals surface area contributed by atoms with E-state index in [0.717, 1.165) is 12.1 Å². The van der Waals surface area contributed by atoms with Crippen molar-refractivity contribution in [2.45, 2.75) is 50.8 Å². The normalized spacial score (nSPS) is 16.0. The van der Waals surface area contributed by atoms with Crippen LogP contribution < -0.4 is 4.46 Å². The van der Waals surface area contributed by atoms with Gasteiger partial charge in [-0.1, -0.05) is 0 Å². The summed E-state index contributed by atoms with van der Waals surface area (Å²) in [6.07, 6.45) is 7.20. The third-order valence-electron chi connectivity index (χ3n) is 4.05. The molecule has 0 unspecified atom stereocenters. The Labute approximate surface area is 135 Å². The number of benzene rings is 1. The average Bonchev–Trinajstić information content (AvgIpc) is 2.54. The molecule has 1 saturated heterocycles. The molecule has 1 aliphatic rings. The zero-order valence-corrected chi connectivity index (χ0v) is 14.9. The Kier molecular flexibility index (Phi) is 7.49. The van der Waals surface area contributed by atoms with Gasteiger partial charge in [-0.05, 0) is 0 Å². The fraction of sp³-hybridized carbons (Fsp3) is 0.611. The molecule has 2 nitrogen and oxygen atoms in total. The Bertz CT molecular complexity index is 423. The van der Waals surface area contributed by atoms with Crippen molar-refractivity contribution in [3.8, 4) is 0 Å². The Hall–Kier alpha value is -0.631. The van der Waals surface area contributed by atoms with Crippen LogP contribution in [0.25, 0.3) is 0 Å². The number of carbonyl (C=O) groups is 1. The van der Waals surface area contributed by atoms with Crippen LogP contribution in [-0.4, -0.2) is 45.3 Å². The molecule has 0 spiro atoms. The molecule has 0 bridgehead atoms. The second kappa shape index (κ2) is 9.40. The first-order valence-electron chi connectivity index (χ1n) is 8.28. The topological polar surface area (TPSA) is 20.3 Å². The van der Waals surface area contributed by atoms with Crippen LogP contribution >= 0.6 is 0 Å². The third kappa shape index (κ3) is 5.94. The van der Waals surface area contributed by atoms with E-state index < -0.39 is 0 Å². The van der Waals surface area contributed by atoms with Crippen molar-refractivity contribution in [3.05, 3.63) is 29.8 Å². The molecule has 21 heavy (non-hydrogen) atoms. The minimum absolute atomic E-state index is 0.299. The van der Waals surface area contributed by atoms with Crippen LogP contribution in [0.2, 0.25) is 5.32 Å². The van der Waals surface area contributed by atoms with Crippen molar-refractivity contribution in [3.63, 3.8) is 0 Å². The molecule has 1 aliphatic heterocycles. The molecule has 0 amide bonds. The molecule has 0 aliphatic carbocycles. The van der Waals surface area contributed by atoms with Crippen molar-refractivity contribution in [1.82, 2.24) is 4.90 Å². The second-order valence-corrected chi connectivity index (χ2v) is 8.25. The van der Waals surface area contributed by atoms with Crippen LogP contribution in [0, 0.1) is 0 Å². The van der Waals surface area contributed by atoms with Crippen molar-refractivity contribution >= 4 is 25.2 Å². The van der Waals surface area contributed by atoms with Crippen molar-refractivity contribution in [2.24, 2.45) is 0 Å². The maximum absolute atomic E-state index is 12.2. The summed E-state index contributed by atoms with van der Waals surface area (Å²) in [5, 5.41) is 1.31. The van der Waals surface area contributed by atoms with Gasteiger partial charge in [0.25, 0.3) is 0 Å². The molecule has 0 radical (unpaired) electrons. The molecule has 116 valence electrons. The number of hydrogen-bond acceptors (Lipinski definition) is 2. The van der Waals surface area contributed by atoms with Crippen LogP contribution in [0.1, 0.15) is 55.8 Å². The zero-order valence-electron chi connectivity index (χ0n) is 13.1. The Morgan fingerprint density at radius 3 is 2.52 bits per heavy atom. The predicted molar refractivity (Wildman–Crippen MR) is 90.8 cm³/mol. The van der Waals surface area contributed by atoms with Gasteiger partial charge < -0.3 is 0 Å². The van der Waals surface area contributed by atoms with Crippen LogP contribution in [0.5, 0.6) is 0 Å². The first kappa shape index (κ1) is 16.7. The van der Waals surface area contributed by atoms with Crippen LogP contribution in [-0.2, 0) is 0 Å². The van der Waals surface area contributed by atoms with Crippen LogP contribution in [0.15, 0.2) is 24.3 Å². The second-order valence-electron chi connectivity index (χ2n) is 5.80. The molecule has 1 heterocycles. The Morgan fingerprint density at radius 1 is 1.14 bits per heavy atom. The SMILES string of the molecule is CCCC[Se]c1ccc(C(=O)CCN2CCCCC2)cc1. The number of unbranched alkanes of at least 4 members (excludes halogenated alkanes) is 1. The molecule has 1 aromatic rings. The van der Waals surface area contributed by atoms with Crippen molar-refractivity contribution in [1.29, 1.82) is 0 Å². The van der Waals surface area contributed by atoms with E-state index in [9.17, 15) is 4.79 Å². The summed E-state index contributed by atoms with van der Waals surface area (Å²) in [7, 11) is 0. The van der Waals surface area contributed by atoms with E-state index in [1.807, 2.05) is 12.1 Å². The van der Waals surface area contributed by atoms with Crippen molar-refractivity contribution < 1.29 is 4.79 Å². The molecular formula is C18H27NOSe. The number of likely N-dealkylation sites (tertiary alicyclic amines) is 1. The first-order chi connectivity index (χ1) is 10.3. The maximum atomic E-state index is 12.2. The summed E-state index contributed by atoms with van der Waals surface area (Å²) in [6, 6.07) is 8.37. The molecule has 0 saturated carbocycles. The van der Waals surface area contributed by atoms with Gasteiger partial charge in [-0.25, -0.2) is 0 Å². The summed E-state index contributed by atoms with van der Waals surface area (Å²) >= 11 is 0.575. The van der Waals surface area contributed by atoms with Gasteiger partial charge >= 0.3 is 135 Å². The zero-order chi connectivity index (χ0) is 14.9. The monoisotopic (exact) mass is 353 g/mol. The third-order valence-corrected chi connectivity index (χ3v) is 6.35. The summed E-state index contributed by atoms with van der Waals surface area (Å²) in [6.45, 7) is 5.51.